The van der Waals surface area contributed by atoms with Crippen molar-refractivity contribution in [2.75, 3.05) is 0 Å². The van der Waals surface area contributed by atoms with Crippen LogP contribution in [0.2, 0.25) is 5.02 Å². The minimum atomic E-state index is -0.658. The quantitative estimate of drug-likeness (QED) is 0.667. The number of benzene rings is 1. The lowest BCUT2D eigenvalue weighted by Crippen LogP contribution is -2.16. The number of amides is 1. The Morgan fingerprint density at radius 1 is 1.30 bits per heavy atom. The fraction of sp³-hybridized carbons (Fsp3) is 0.250. The van der Waals surface area contributed by atoms with Crippen LogP contribution in [0.5, 0.6) is 0 Å². The Morgan fingerprint density at radius 3 is 2.65 bits per heavy atom. The summed E-state index contributed by atoms with van der Waals surface area (Å²) in [5, 5.41) is 9.78. The Labute approximate surface area is 123 Å². The Balaban J connectivity index is 2.50. The van der Waals surface area contributed by atoms with Gasteiger partial charge in [-0.1, -0.05) is 29.8 Å². The van der Waals surface area contributed by atoms with Crippen LogP contribution in [0, 0.1) is 11.3 Å². The maximum absolute atomic E-state index is 11.4. The molecule has 102 valence electrons. The van der Waals surface area contributed by atoms with Gasteiger partial charge in [0.1, 0.15) is 11.6 Å². The van der Waals surface area contributed by atoms with Crippen LogP contribution in [-0.4, -0.2) is 5.91 Å². The van der Waals surface area contributed by atoms with E-state index in [-0.39, 0.29) is 5.57 Å². The molecule has 1 aliphatic carbocycles. The van der Waals surface area contributed by atoms with Gasteiger partial charge in [-0.25, -0.2) is 0 Å². The molecule has 2 N–H and O–H groups in total. The fourth-order valence-corrected chi connectivity index (χ4v) is 2.61. The number of allylic oxidation sites excluding steroid dienone is 2. The Morgan fingerprint density at radius 2 is 2.00 bits per heavy atom. The SMILES string of the molecule is N#C/C(C(N)=O)=C1\CCCC\C1=C/c1ccccc1Cl. The highest BCUT2D eigenvalue weighted by Gasteiger charge is 2.19. The molecule has 0 bridgehead atoms. The normalized spacial score (nSPS) is 19.5. The summed E-state index contributed by atoms with van der Waals surface area (Å²) in [4.78, 5) is 11.4. The monoisotopic (exact) mass is 286 g/mol. The van der Waals surface area contributed by atoms with E-state index >= 15 is 0 Å². The smallest absolute Gasteiger partial charge is 0.259 e. The van der Waals surface area contributed by atoms with E-state index in [9.17, 15) is 4.79 Å². The highest BCUT2D eigenvalue weighted by atomic mass is 35.5. The zero-order valence-corrected chi connectivity index (χ0v) is 11.8. The highest BCUT2D eigenvalue weighted by molar-refractivity contribution is 6.32. The van der Waals surface area contributed by atoms with Gasteiger partial charge >= 0.3 is 0 Å². The molecule has 1 saturated carbocycles. The second kappa shape index (κ2) is 6.40. The fourth-order valence-electron chi connectivity index (χ4n) is 2.42. The van der Waals surface area contributed by atoms with E-state index in [1.807, 2.05) is 36.4 Å². The summed E-state index contributed by atoms with van der Waals surface area (Å²) in [6.07, 6.45) is 5.50. The van der Waals surface area contributed by atoms with Crippen molar-refractivity contribution in [2.45, 2.75) is 25.7 Å². The standard InChI is InChI=1S/C16H15ClN2O/c17-15-8-4-2-6-12(15)9-11-5-1-3-7-13(11)14(10-18)16(19)20/h2,4,6,8-9H,1,3,5,7H2,(H2,19,20)/b11-9+,14-13-. The summed E-state index contributed by atoms with van der Waals surface area (Å²) in [5.41, 5.74) is 8.01. The molecule has 1 aliphatic rings. The molecule has 1 aromatic carbocycles. The minimum absolute atomic E-state index is 0.0722. The third kappa shape index (κ3) is 3.09. The number of hydrogen-bond acceptors (Lipinski definition) is 2. The predicted molar refractivity (Wildman–Crippen MR) is 79.7 cm³/mol. The van der Waals surface area contributed by atoms with Crippen molar-refractivity contribution >= 4 is 23.6 Å². The van der Waals surface area contributed by atoms with Crippen molar-refractivity contribution in [1.29, 1.82) is 5.26 Å². The first-order chi connectivity index (χ1) is 9.63. The van der Waals surface area contributed by atoms with Crippen molar-refractivity contribution in [3.63, 3.8) is 0 Å². The van der Waals surface area contributed by atoms with E-state index in [0.29, 0.717) is 11.4 Å². The van der Waals surface area contributed by atoms with Gasteiger partial charge in [0.15, 0.2) is 0 Å². The molecule has 2 rings (SSSR count). The van der Waals surface area contributed by atoms with E-state index in [4.69, 9.17) is 22.6 Å². The summed E-state index contributed by atoms with van der Waals surface area (Å²) < 4.78 is 0. The first-order valence-electron chi connectivity index (χ1n) is 6.52. The van der Waals surface area contributed by atoms with E-state index in [2.05, 4.69) is 0 Å². The number of carbonyl (C=O) groups is 1. The van der Waals surface area contributed by atoms with E-state index in [1.165, 1.54) is 0 Å². The molecule has 0 radical (unpaired) electrons. The molecule has 0 aromatic heterocycles. The van der Waals surface area contributed by atoms with Crippen molar-refractivity contribution < 1.29 is 4.79 Å². The van der Waals surface area contributed by atoms with Crippen molar-refractivity contribution in [3.05, 3.63) is 51.6 Å². The molecule has 4 heteroatoms. The maximum atomic E-state index is 11.4. The first kappa shape index (κ1) is 14.4. The van der Waals surface area contributed by atoms with Crippen molar-refractivity contribution in [2.24, 2.45) is 5.73 Å². The van der Waals surface area contributed by atoms with Crippen LogP contribution in [-0.2, 0) is 4.79 Å². The van der Waals surface area contributed by atoms with Gasteiger partial charge in [-0.05, 0) is 54.5 Å². The average Bonchev–Trinajstić information content (AvgIpc) is 2.43. The number of nitrogens with zero attached hydrogens (tertiary/aromatic N) is 1. The van der Waals surface area contributed by atoms with Crippen LogP contribution >= 0.6 is 11.6 Å². The third-order valence-electron chi connectivity index (χ3n) is 3.41. The zero-order chi connectivity index (χ0) is 14.5. The number of nitrogens with two attached hydrogens (primary N) is 1. The van der Waals surface area contributed by atoms with Gasteiger partial charge in [0.2, 0.25) is 0 Å². The lowest BCUT2D eigenvalue weighted by atomic mass is 9.85. The molecule has 1 aromatic rings. The van der Waals surface area contributed by atoms with Gasteiger partial charge in [0.05, 0.1) is 0 Å². The van der Waals surface area contributed by atoms with Crippen LogP contribution in [0.3, 0.4) is 0 Å². The Hall–Kier alpha value is -2.05. The minimum Gasteiger partial charge on any atom is -0.365 e. The maximum Gasteiger partial charge on any atom is 0.259 e. The van der Waals surface area contributed by atoms with Crippen molar-refractivity contribution in [3.8, 4) is 6.07 Å². The van der Waals surface area contributed by atoms with Gasteiger partial charge in [-0.2, -0.15) is 5.26 Å². The zero-order valence-electron chi connectivity index (χ0n) is 11.0. The number of hydrogen-bond donors (Lipinski definition) is 1. The second-order valence-electron chi connectivity index (χ2n) is 4.73. The molecule has 0 aliphatic heterocycles. The van der Waals surface area contributed by atoms with Gasteiger partial charge in [-0.15, -0.1) is 0 Å². The van der Waals surface area contributed by atoms with Gasteiger partial charge in [0, 0.05) is 5.02 Å². The number of nitriles is 1. The van der Waals surface area contributed by atoms with Crippen LogP contribution in [0.25, 0.3) is 6.08 Å². The molecule has 1 amide bonds. The second-order valence-corrected chi connectivity index (χ2v) is 5.14. The molecule has 0 heterocycles. The van der Waals surface area contributed by atoms with Crippen LogP contribution in [0.4, 0.5) is 0 Å². The van der Waals surface area contributed by atoms with Gasteiger partial charge < -0.3 is 5.73 Å². The average molecular weight is 287 g/mol. The lowest BCUT2D eigenvalue weighted by Gasteiger charge is -2.19. The topological polar surface area (TPSA) is 66.9 Å². The number of carbonyl (C=O) groups excluding carboxylic acids is 1. The largest absolute Gasteiger partial charge is 0.365 e. The number of primary amides is 1. The highest BCUT2D eigenvalue weighted by Crippen LogP contribution is 2.33. The van der Waals surface area contributed by atoms with E-state index in [1.54, 1.807) is 0 Å². The Kier molecular flexibility index (Phi) is 4.60. The number of rotatable bonds is 2. The predicted octanol–water partition coefficient (Wildman–Crippen LogP) is 3.60. The van der Waals surface area contributed by atoms with Gasteiger partial charge in [0.25, 0.3) is 5.91 Å². The molecular formula is C16H15ClN2O. The lowest BCUT2D eigenvalue weighted by molar-refractivity contribution is -0.114. The summed E-state index contributed by atoms with van der Waals surface area (Å²) in [6, 6.07) is 9.44. The van der Waals surface area contributed by atoms with Crippen LogP contribution in [0.1, 0.15) is 31.2 Å². The molecule has 0 spiro atoms. The summed E-state index contributed by atoms with van der Waals surface area (Å²) in [6.45, 7) is 0. The molecule has 3 nitrogen and oxygen atoms in total. The molecule has 0 unspecified atom stereocenters. The van der Waals surface area contributed by atoms with Gasteiger partial charge in [-0.3, -0.25) is 4.79 Å². The molecule has 0 atom stereocenters. The number of halogens is 1. The molecule has 20 heavy (non-hydrogen) atoms. The van der Waals surface area contributed by atoms with Crippen molar-refractivity contribution in [1.82, 2.24) is 0 Å². The Bertz CT molecular complexity index is 638. The summed E-state index contributed by atoms with van der Waals surface area (Å²) >= 11 is 6.15. The van der Waals surface area contributed by atoms with Crippen LogP contribution < -0.4 is 5.73 Å². The summed E-state index contributed by atoms with van der Waals surface area (Å²) in [7, 11) is 0. The summed E-state index contributed by atoms with van der Waals surface area (Å²) in [5.74, 6) is -0.658. The van der Waals surface area contributed by atoms with E-state index in [0.717, 1.165) is 36.0 Å². The molecule has 0 saturated heterocycles. The van der Waals surface area contributed by atoms with Crippen LogP contribution in [0.15, 0.2) is 41.0 Å². The molecule has 1 fully saturated rings. The molecular weight excluding hydrogens is 272 g/mol. The van der Waals surface area contributed by atoms with E-state index < -0.39 is 5.91 Å². The first-order valence-corrected chi connectivity index (χ1v) is 6.90. The third-order valence-corrected chi connectivity index (χ3v) is 3.75.